The summed E-state index contributed by atoms with van der Waals surface area (Å²) in [5, 5.41) is 0. The molecule has 0 aliphatic heterocycles. The highest BCUT2D eigenvalue weighted by molar-refractivity contribution is 9.10. The third-order valence-corrected chi connectivity index (χ3v) is 4.46. The van der Waals surface area contributed by atoms with Crippen molar-refractivity contribution in [3.63, 3.8) is 0 Å². The Morgan fingerprint density at radius 3 is 2.60 bits per heavy atom. The molecule has 0 amide bonds. The summed E-state index contributed by atoms with van der Waals surface area (Å²) in [5.41, 5.74) is 0.155. The van der Waals surface area contributed by atoms with Gasteiger partial charge in [0.15, 0.2) is 0 Å². The smallest absolute Gasteiger partial charge is 0.338 e. The molecule has 112 valence electrons. The van der Waals surface area contributed by atoms with E-state index in [1.165, 1.54) is 18.2 Å². The van der Waals surface area contributed by atoms with Gasteiger partial charge in [0.1, 0.15) is 0 Å². The maximum Gasteiger partial charge on any atom is 0.338 e. The molecule has 1 aromatic rings. The summed E-state index contributed by atoms with van der Waals surface area (Å²) in [7, 11) is 1.39. The number of carbonyl (C=O) groups excluding carboxylic acids is 1. The second-order valence-electron chi connectivity index (χ2n) is 4.61. The zero-order valence-electron chi connectivity index (χ0n) is 11.2. The Morgan fingerprint density at radius 2 is 2.05 bits per heavy atom. The minimum atomic E-state index is -3.89. The van der Waals surface area contributed by atoms with Crippen LogP contribution in [-0.2, 0) is 13.8 Å². The van der Waals surface area contributed by atoms with Crippen LogP contribution in [0.4, 0.5) is 0 Å². The summed E-state index contributed by atoms with van der Waals surface area (Å²) in [5.74, 6) is -0.289. The van der Waals surface area contributed by atoms with Crippen molar-refractivity contribution in [2.75, 3.05) is 6.61 Å². The fourth-order valence-corrected chi connectivity index (χ4v) is 3.15. The van der Waals surface area contributed by atoms with E-state index in [9.17, 15) is 13.2 Å². The van der Waals surface area contributed by atoms with E-state index in [-0.39, 0.29) is 16.4 Å². The first kappa shape index (κ1) is 17.5. The predicted octanol–water partition coefficient (Wildman–Crippen LogP) is 3.97. The molecule has 0 aliphatic rings. The minimum absolute atomic E-state index is 0.137. The van der Waals surface area contributed by atoms with Gasteiger partial charge in [-0.25, -0.2) is 13.2 Å². The lowest BCUT2D eigenvalue weighted by Gasteiger charge is -2.11. The molecule has 0 heterocycles. The lowest BCUT2D eigenvalue weighted by atomic mass is 10.1. The largest absolute Gasteiger partial charge is 0.462 e. The molecule has 4 nitrogen and oxygen atoms in total. The van der Waals surface area contributed by atoms with Crippen molar-refractivity contribution in [1.29, 1.82) is 0 Å². The molecule has 0 radical (unpaired) electrons. The van der Waals surface area contributed by atoms with Crippen molar-refractivity contribution in [3.05, 3.63) is 28.2 Å². The van der Waals surface area contributed by atoms with E-state index in [0.29, 0.717) is 11.1 Å². The summed E-state index contributed by atoms with van der Waals surface area (Å²) < 4.78 is 28.2. The van der Waals surface area contributed by atoms with E-state index in [4.69, 9.17) is 15.4 Å². The van der Waals surface area contributed by atoms with Crippen LogP contribution in [0, 0.1) is 5.92 Å². The van der Waals surface area contributed by atoms with Crippen molar-refractivity contribution >= 4 is 41.6 Å². The average molecular weight is 384 g/mol. The SMILES string of the molecule is CCCC(C)COC(=O)c1cc(Br)cc(S(=O)(=O)Cl)c1. The molecule has 20 heavy (non-hydrogen) atoms. The quantitative estimate of drug-likeness (QED) is 0.551. The number of benzene rings is 1. The van der Waals surface area contributed by atoms with Crippen LogP contribution >= 0.6 is 26.6 Å². The average Bonchev–Trinajstić information content (AvgIpc) is 2.34. The topological polar surface area (TPSA) is 60.4 Å². The first-order chi connectivity index (χ1) is 9.24. The maximum atomic E-state index is 11.9. The van der Waals surface area contributed by atoms with Gasteiger partial charge in [0.05, 0.1) is 17.1 Å². The van der Waals surface area contributed by atoms with E-state index >= 15 is 0 Å². The lowest BCUT2D eigenvalue weighted by Crippen LogP contribution is -2.12. The van der Waals surface area contributed by atoms with E-state index in [1.807, 2.05) is 6.92 Å². The third-order valence-electron chi connectivity index (χ3n) is 2.67. The van der Waals surface area contributed by atoms with Crippen LogP contribution in [-0.4, -0.2) is 21.0 Å². The van der Waals surface area contributed by atoms with Crippen LogP contribution in [0.2, 0.25) is 0 Å². The van der Waals surface area contributed by atoms with E-state index in [1.54, 1.807) is 0 Å². The number of rotatable bonds is 6. The monoisotopic (exact) mass is 382 g/mol. The molecule has 0 saturated heterocycles. The van der Waals surface area contributed by atoms with Crippen LogP contribution in [0.3, 0.4) is 0 Å². The first-order valence-electron chi connectivity index (χ1n) is 6.16. The Kier molecular flexibility index (Phi) is 6.48. The summed E-state index contributed by atoms with van der Waals surface area (Å²) in [6, 6.07) is 4.04. The molecule has 7 heteroatoms. The molecule has 0 aliphatic carbocycles. The van der Waals surface area contributed by atoms with Crippen molar-refractivity contribution in [2.24, 2.45) is 5.92 Å². The standard InChI is InChI=1S/C13H16BrClO4S/c1-3-4-9(2)8-19-13(16)10-5-11(14)7-12(6-10)20(15,17)18/h5-7,9H,3-4,8H2,1-2H3. The van der Waals surface area contributed by atoms with Gasteiger partial charge < -0.3 is 4.74 Å². The van der Waals surface area contributed by atoms with Gasteiger partial charge in [0.2, 0.25) is 0 Å². The Hall–Kier alpha value is -0.590. The van der Waals surface area contributed by atoms with Crippen molar-refractivity contribution < 1.29 is 17.9 Å². The van der Waals surface area contributed by atoms with Gasteiger partial charge in [-0.05, 0) is 30.5 Å². The van der Waals surface area contributed by atoms with Crippen LogP contribution in [0.15, 0.2) is 27.6 Å². The molecule has 1 rings (SSSR count). The molecule has 0 fully saturated rings. The Labute approximate surface area is 132 Å². The number of hydrogen-bond acceptors (Lipinski definition) is 4. The zero-order chi connectivity index (χ0) is 15.3. The van der Waals surface area contributed by atoms with Crippen molar-refractivity contribution in [2.45, 2.75) is 31.6 Å². The normalized spacial score (nSPS) is 13.0. The molecule has 0 aromatic heterocycles. The van der Waals surface area contributed by atoms with E-state index < -0.39 is 15.0 Å². The van der Waals surface area contributed by atoms with Gasteiger partial charge >= 0.3 is 5.97 Å². The fourth-order valence-electron chi connectivity index (χ4n) is 1.70. The van der Waals surface area contributed by atoms with Crippen molar-refractivity contribution in [3.8, 4) is 0 Å². The number of esters is 1. The van der Waals surface area contributed by atoms with Gasteiger partial charge in [-0.15, -0.1) is 0 Å². The molecule has 1 atom stereocenters. The Bertz CT molecular complexity index is 586. The van der Waals surface area contributed by atoms with Gasteiger partial charge in [-0.1, -0.05) is 36.2 Å². The molecule has 1 aromatic carbocycles. The van der Waals surface area contributed by atoms with Crippen LogP contribution in [0.5, 0.6) is 0 Å². The van der Waals surface area contributed by atoms with Gasteiger partial charge in [-0.2, -0.15) is 0 Å². The van der Waals surface area contributed by atoms with Gasteiger partial charge in [0, 0.05) is 15.2 Å². The number of carbonyl (C=O) groups is 1. The van der Waals surface area contributed by atoms with E-state index in [0.717, 1.165) is 12.8 Å². The van der Waals surface area contributed by atoms with Gasteiger partial charge in [0.25, 0.3) is 9.05 Å². The molecular formula is C13H16BrClO4S. The fraction of sp³-hybridized carbons (Fsp3) is 0.462. The molecule has 0 N–H and O–H groups in total. The second-order valence-corrected chi connectivity index (χ2v) is 8.09. The number of halogens is 2. The van der Waals surface area contributed by atoms with Gasteiger partial charge in [-0.3, -0.25) is 0 Å². The summed E-state index contributed by atoms with van der Waals surface area (Å²) in [4.78, 5) is 11.8. The molecule has 0 saturated carbocycles. The highest BCUT2D eigenvalue weighted by Crippen LogP contribution is 2.23. The summed E-state index contributed by atoms with van der Waals surface area (Å²) >= 11 is 3.15. The molecule has 1 unspecified atom stereocenters. The Morgan fingerprint density at radius 1 is 1.40 bits per heavy atom. The molecule has 0 spiro atoms. The second kappa shape index (κ2) is 7.43. The lowest BCUT2D eigenvalue weighted by molar-refractivity contribution is 0.0443. The summed E-state index contributed by atoms with van der Waals surface area (Å²) in [6.07, 6.45) is 1.98. The number of hydrogen-bond donors (Lipinski definition) is 0. The first-order valence-corrected chi connectivity index (χ1v) is 9.26. The number of ether oxygens (including phenoxy) is 1. The highest BCUT2D eigenvalue weighted by atomic mass is 79.9. The zero-order valence-corrected chi connectivity index (χ0v) is 14.4. The maximum absolute atomic E-state index is 11.9. The van der Waals surface area contributed by atoms with Crippen LogP contribution in [0.1, 0.15) is 37.0 Å². The molecule has 0 bridgehead atoms. The predicted molar refractivity (Wildman–Crippen MR) is 81.5 cm³/mol. The minimum Gasteiger partial charge on any atom is -0.462 e. The Balaban J connectivity index is 2.86. The third kappa shape index (κ3) is 5.42. The van der Waals surface area contributed by atoms with Crippen LogP contribution in [0.25, 0.3) is 0 Å². The molecular weight excluding hydrogens is 368 g/mol. The van der Waals surface area contributed by atoms with E-state index in [2.05, 4.69) is 22.9 Å². The van der Waals surface area contributed by atoms with Crippen LogP contribution < -0.4 is 0 Å². The summed E-state index contributed by atoms with van der Waals surface area (Å²) in [6.45, 7) is 4.36. The highest BCUT2D eigenvalue weighted by Gasteiger charge is 2.16. The van der Waals surface area contributed by atoms with Crippen molar-refractivity contribution in [1.82, 2.24) is 0 Å².